The zero-order valence-electron chi connectivity index (χ0n) is 6.65. The summed E-state index contributed by atoms with van der Waals surface area (Å²) in [7, 11) is 0. The van der Waals surface area contributed by atoms with Gasteiger partial charge in [0.25, 0.3) is 0 Å². The third kappa shape index (κ3) is 2.41. The number of carbonyl (C=O) groups excluding carboxylic acids is 1. The Balaban J connectivity index is 3.25. The molecule has 0 unspecified atom stereocenters. The van der Waals surface area contributed by atoms with Crippen LogP contribution < -0.4 is 0 Å². The first kappa shape index (κ1) is 11.8. The highest BCUT2D eigenvalue weighted by Gasteiger charge is 2.12. The Morgan fingerprint density at radius 2 is 1.79 bits per heavy atom. The van der Waals surface area contributed by atoms with Gasteiger partial charge in [-0.15, -0.1) is 0 Å². The minimum Gasteiger partial charge on any atom is -0.211 e. The Morgan fingerprint density at radius 3 is 2.36 bits per heavy atom. The fourth-order valence-corrected chi connectivity index (χ4v) is 1.76. The third-order valence-electron chi connectivity index (χ3n) is 1.49. The van der Waals surface area contributed by atoms with E-state index < -0.39 is 0 Å². The second kappa shape index (κ2) is 5.01. The summed E-state index contributed by atoms with van der Waals surface area (Å²) in [5.41, 5.74) is 0.536. The second-order valence-corrected chi connectivity index (χ2v) is 3.91. The summed E-state index contributed by atoms with van der Waals surface area (Å²) in [4.78, 5) is 13.3. The molecule has 0 aliphatic heterocycles. The highest BCUT2D eigenvalue weighted by Crippen LogP contribution is 2.38. The average molecular weight is 271 g/mol. The highest BCUT2D eigenvalue weighted by molar-refractivity contribution is 6.51. The Morgan fingerprint density at radius 1 is 1.14 bits per heavy atom. The van der Waals surface area contributed by atoms with Crippen molar-refractivity contribution in [2.24, 2.45) is 4.99 Å². The summed E-state index contributed by atoms with van der Waals surface area (Å²) in [5, 5.41) is 0.881. The fraction of sp³-hybridized carbons (Fsp3) is 0.125. The molecule has 2 nitrogen and oxygen atoms in total. The standard InChI is InChI=1S/C8H3Cl4NO/c9-5-1-4(2-13-3-14)6(10)8(12)7(5)11/h1H,2H2. The van der Waals surface area contributed by atoms with Crippen LogP contribution in [-0.2, 0) is 11.3 Å². The maximum Gasteiger partial charge on any atom is 0.235 e. The normalized spacial score (nSPS) is 9.71. The maximum absolute atomic E-state index is 9.90. The molecule has 1 aromatic carbocycles. The van der Waals surface area contributed by atoms with Crippen LogP contribution in [0.5, 0.6) is 0 Å². The molecular weight excluding hydrogens is 268 g/mol. The van der Waals surface area contributed by atoms with Gasteiger partial charge in [0, 0.05) is 0 Å². The first-order valence-electron chi connectivity index (χ1n) is 3.43. The molecule has 0 aliphatic carbocycles. The maximum atomic E-state index is 9.90. The first-order chi connectivity index (χ1) is 6.57. The van der Waals surface area contributed by atoms with Crippen LogP contribution in [0.2, 0.25) is 20.1 Å². The van der Waals surface area contributed by atoms with Crippen LogP contribution in [0.4, 0.5) is 0 Å². The van der Waals surface area contributed by atoms with E-state index >= 15 is 0 Å². The van der Waals surface area contributed by atoms with Crippen LogP contribution >= 0.6 is 46.4 Å². The van der Waals surface area contributed by atoms with Crippen molar-refractivity contribution in [3.05, 3.63) is 31.7 Å². The van der Waals surface area contributed by atoms with Crippen LogP contribution in [-0.4, -0.2) is 6.08 Å². The molecule has 0 bridgehead atoms. The minimum atomic E-state index is 0.0823. The zero-order valence-corrected chi connectivity index (χ0v) is 9.68. The highest BCUT2D eigenvalue weighted by atomic mass is 35.5. The van der Waals surface area contributed by atoms with E-state index in [2.05, 4.69) is 4.99 Å². The number of hydrogen-bond acceptors (Lipinski definition) is 2. The summed E-state index contributed by atoms with van der Waals surface area (Å²) in [6.07, 6.45) is 1.39. The van der Waals surface area contributed by atoms with E-state index in [0.717, 1.165) is 0 Å². The Kier molecular flexibility index (Phi) is 4.24. The molecule has 0 heterocycles. The lowest BCUT2D eigenvalue weighted by molar-refractivity contribution is 0.563. The van der Waals surface area contributed by atoms with Gasteiger partial charge in [0.1, 0.15) is 0 Å². The average Bonchev–Trinajstić information content (AvgIpc) is 2.18. The van der Waals surface area contributed by atoms with Crippen molar-refractivity contribution in [2.45, 2.75) is 6.54 Å². The van der Waals surface area contributed by atoms with Crippen LogP contribution in [0.25, 0.3) is 0 Å². The molecule has 0 atom stereocenters. The Bertz CT molecular complexity index is 412. The van der Waals surface area contributed by atoms with Gasteiger partial charge in [-0.1, -0.05) is 46.4 Å². The van der Waals surface area contributed by atoms with E-state index in [1.165, 1.54) is 12.1 Å². The van der Waals surface area contributed by atoms with Crippen LogP contribution in [0, 0.1) is 0 Å². The number of hydrogen-bond donors (Lipinski definition) is 0. The number of aliphatic imine (C=N–C) groups is 1. The SMILES string of the molecule is O=C=NCc1cc(Cl)c(Cl)c(Cl)c1Cl. The second-order valence-electron chi connectivity index (χ2n) is 2.37. The topological polar surface area (TPSA) is 29.4 Å². The van der Waals surface area contributed by atoms with Crippen molar-refractivity contribution in [1.29, 1.82) is 0 Å². The molecule has 0 saturated carbocycles. The quantitative estimate of drug-likeness (QED) is 0.344. The number of isocyanates is 1. The van der Waals surface area contributed by atoms with E-state index in [1.54, 1.807) is 0 Å². The van der Waals surface area contributed by atoms with Crippen molar-refractivity contribution in [1.82, 2.24) is 0 Å². The van der Waals surface area contributed by atoms with Crippen molar-refractivity contribution in [3.8, 4) is 0 Å². The Labute approximate surface area is 100 Å². The zero-order chi connectivity index (χ0) is 10.7. The molecule has 0 amide bonds. The smallest absolute Gasteiger partial charge is 0.211 e. The van der Waals surface area contributed by atoms with Gasteiger partial charge in [-0.05, 0) is 11.6 Å². The molecule has 0 fully saturated rings. The van der Waals surface area contributed by atoms with Crippen molar-refractivity contribution < 1.29 is 4.79 Å². The molecule has 0 aliphatic rings. The summed E-state index contributed by atoms with van der Waals surface area (Å²) in [6.45, 7) is 0.0823. The molecule has 14 heavy (non-hydrogen) atoms. The number of nitrogens with zero attached hydrogens (tertiary/aromatic N) is 1. The minimum absolute atomic E-state index is 0.0823. The van der Waals surface area contributed by atoms with Gasteiger partial charge in [0.15, 0.2) is 0 Å². The van der Waals surface area contributed by atoms with Gasteiger partial charge in [0.05, 0.1) is 26.6 Å². The third-order valence-corrected chi connectivity index (χ3v) is 3.28. The molecule has 0 radical (unpaired) electrons. The largest absolute Gasteiger partial charge is 0.235 e. The van der Waals surface area contributed by atoms with E-state index in [0.29, 0.717) is 5.56 Å². The lowest BCUT2D eigenvalue weighted by Crippen LogP contribution is -1.86. The van der Waals surface area contributed by atoms with Crippen molar-refractivity contribution in [2.75, 3.05) is 0 Å². The molecule has 0 spiro atoms. The van der Waals surface area contributed by atoms with Gasteiger partial charge < -0.3 is 0 Å². The lowest BCUT2D eigenvalue weighted by Gasteiger charge is -2.05. The van der Waals surface area contributed by atoms with Crippen LogP contribution in [0.1, 0.15) is 5.56 Å². The molecule has 74 valence electrons. The first-order valence-corrected chi connectivity index (χ1v) is 4.94. The fourth-order valence-electron chi connectivity index (χ4n) is 0.854. The summed E-state index contributed by atoms with van der Waals surface area (Å²) in [5.74, 6) is 0. The van der Waals surface area contributed by atoms with Crippen LogP contribution in [0.3, 0.4) is 0 Å². The van der Waals surface area contributed by atoms with E-state index in [4.69, 9.17) is 46.4 Å². The van der Waals surface area contributed by atoms with Gasteiger partial charge in [-0.2, -0.15) is 0 Å². The van der Waals surface area contributed by atoms with E-state index in [1.807, 2.05) is 0 Å². The van der Waals surface area contributed by atoms with E-state index in [-0.39, 0.29) is 26.6 Å². The van der Waals surface area contributed by atoms with Crippen molar-refractivity contribution >= 4 is 52.5 Å². The molecule has 0 N–H and O–H groups in total. The molecule has 6 heteroatoms. The monoisotopic (exact) mass is 269 g/mol. The lowest BCUT2D eigenvalue weighted by atomic mass is 10.2. The van der Waals surface area contributed by atoms with Gasteiger partial charge >= 0.3 is 0 Å². The summed E-state index contributed by atoms with van der Waals surface area (Å²) in [6, 6.07) is 1.51. The van der Waals surface area contributed by atoms with Gasteiger partial charge in [0.2, 0.25) is 6.08 Å². The summed E-state index contributed by atoms with van der Waals surface area (Å²) >= 11 is 23.1. The predicted octanol–water partition coefficient (Wildman–Crippen LogP) is 4.14. The Hall–Kier alpha value is -0.240. The van der Waals surface area contributed by atoms with Gasteiger partial charge in [-0.25, -0.2) is 9.79 Å². The van der Waals surface area contributed by atoms with Gasteiger partial charge in [-0.3, -0.25) is 0 Å². The van der Waals surface area contributed by atoms with Crippen molar-refractivity contribution in [3.63, 3.8) is 0 Å². The van der Waals surface area contributed by atoms with Crippen LogP contribution in [0.15, 0.2) is 11.1 Å². The predicted molar refractivity (Wildman–Crippen MR) is 58.3 cm³/mol. The molecule has 0 saturated heterocycles. The summed E-state index contributed by atoms with van der Waals surface area (Å²) < 4.78 is 0. The molecular formula is C8H3Cl4NO. The number of benzene rings is 1. The number of halogens is 4. The number of rotatable bonds is 2. The molecule has 1 rings (SSSR count). The molecule has 1 aromatic rings. The van der Waals surface area contributed by atoms with E-state index in [9.17, 15) is 4.79 Å². The molecule has 0 aromatic heterocycles.